The number of hydrogen-bond acceptors (Lipinski definition) is 4. The van der Waals surface area contributed by atoms with E-state index in [0.29, 0.717) is 11.7 Å². The van der Waals surface area contributed by atoms with Crippen LogP contribution in [-0.4, -0.2) is 16.7 Å². The molecule has 4 nitrogen and oxygen atoms in total. The highest BCUT2D eigenvalue weighted by atomic mass is 32.1. The Morgan fingerprint density at radius 2 is 0.629 bits per heavy atom. The van der Waals surface area contributed by atoms with Crippen LogP contribution in [0.25, 0.3) is 147 Å². The van der Waals surface area contributed by atoms with E-state index in [-0.39, 0.29) is 6.17 Å². The van der Waals surface area contributed by atoms with Crippen LogP contribution in [0.1, 0.15) is 22.9 Å². The minimum Gasteiger partial charge on any atom is -0.438 e. The van der Waals surface area contributed by atoms with Crippen LogP contribution in [0.4, 0.5) is 0 Å². The average molecular weight is 1250 g/mol. The van der Waals surface area contributed by atoms with Crippen molar-refractivity contribution >= 4 is 75.5 Å². The summed E-state index contributed by atoms with van der Waals surface area (Å²) >= 11 is 1.88. The molecule has 0 N–H and O–H groups in total. The van der Waals surface area contributed by atoms with Gasteiger partial charge in [-0.05, 0) is 164 Å². The lowest BCUT2D eigenvalue weighted by atomic mass is 9.91. The molecule has 17 aromatic rings. The molecule has 1 aliphatic rings. The van der Waals surface area contributed by atoms with E-state index in [0.717, 1.165) is 55.9 Å². The van der Waals surface area contributed by atoms with Crippen LogP contribution in [0.3, 0.4) is 0 Å². The van der Waals surface area contributed by atoms with Crippen LogP contribution in [-0.2, 0) is 0 Å². The minimum atomic E-state index is -0.359. The molecule has 0 bridgehead atoms. The molecule has 2 aromatic heterocycles. The SMILES string of the molecule is c1ccc(-c2cc(-c3cccc(-c4ccc(-c5cccc(-c6cccc7c6sc6ccccc67)c5)cc4)c3)cc(-c3ccccc3)n2)cc1.c1ccc(C2=NC(c3cccc(-c4cccc(-c5ccc6c7ccccc7c7ccccc7c6c5)c4)c3)=NC(c3ccccc3)[N-]2)cc1. The zero-order valence-electron chi connectivity index (χ0n) is 52.9. The van der Waals surface area contributed by atoms with E-state index in [2.05, 4.69) is 303 Å². The second-order valence-corrected chi connectivity index (χ2v) is 25.6. The van der Waals surface area contributed by atoms with Gasteiger partial charge in [-0.2, -0.15) is 0 Å². The molecule has 97 heavy (non-hydrogen) atoms. The predicted octanol–water partition coefficient (Wildman–Crippen LogP) is 25.2. The number of aliphatic imine (C=N–C) groups is 2. The zero-order valence-corrected chi connectivity index (χ0v) is 53.7. The Balaban J connectivity index is 0.000000146. The molecular weight excluding hydrogens is 1190 g/mol. The van der Waals surface area contributed by atoms with Gasteiger partial charge in [0.25, 0.3) is 0 Å². The number of aromatic nitrogens is 1. The van der Waals surface area contributed by atoms with Gasteiger partial charge >= 0.3 is 0 Å². The monoisotopic (exact) mass is 1250 g/mol. The summed E-state index contributed by atoms with van der Waals surface area (Å²) in [7, 11) is 0. The summed E-state index contributed by atoms with van der Waals surface area (Å²) in [6, 6.07) is 129. The molecule has 0 aliphatic carbocycles. The third-order valence-electron chi connectivity index (χ3n) is 18.5. The van der Waals surface area contributed by atoms with Crippen LogP contribution < -0.4 is 0 Å². The normalized spacial score (nSPS) is 12.8. The summed E-state index contributed by atoms with van der Waals surface area (Å²) in [5.41, 5.74) is 21.4. The van der Waals surface area contributed by atoms with Crippen LogP contribution >= 0.6 is 11.3 Å². The Bertz CT molecular complexity index is 5750. The molecule has 0 saturated carbocycles. The Labute approximate surface area is 568 Å². The van der Waals surface area contributed by atoms with Crippen molar-refractivity contribution in [2.45, 2.75) is 6.17 Å². The Hall–Kier alpha value is -12.4. The maximum atomic E-state index is 5.07. The van der Waals surface area contributed by atoms with Gasteiger partial charge in [-0.15, -0.1) is 11.3 Å². The van der Waals surface area contributed by atoms with Gasteiger partial charge in [0.15, 0.2) is 0 Å². The smallest absolute Gasteiger partial charge is 0.0822 e. The molecule has 0 radical (unpaired) electrons. The van der Waals surface area contributed by atoms with Crippen molar-refractivity contribution in [1.29, 1.82) is 0 Å². The first-order valence-electron chi connectivity index (χ1n) is 32.9. The summed E-state index contributed by atoms with van der Waals surface area (Å²) in [5, 5.41) is 15.3. The molecule has 3 heterocycles. The number of amidine groups is 2. The number of hydrogen-bond donors (Lipinski definition) is 0. The molecule has 0 saturated heterocycles. The van der Waals surface area contributed by atoms with E-state index in [1.54, 1.807) is 0 Å². The second kappa shape index (κ2) is 25.8. The fourth-order valence-corrected chi connectivity index (χ4v) is 14.9. The van der Waals surface area contributed by atoms with Crippen molar-refractivity contribution in [3.63, 3.8) is 0 Å². The highest BCUT2D eigenvalue weighted by molar-refractivity contribution is 7.26. The summed E-state index contributed by atoms with van der Waals surface area (Å²) < 4.78 is 2.68. The van der Waals surface area contributed by atoms with Crippen molar-refractivity contribution in [1.82, 2.24) is 4.98 Å². The second-order valence-electron chi connectivity index (χ2n) is 24.6. The zero-order chi connectivity index (χ0) is 64.4. The first-order valence-corrected chi connectivity index (χ1v) is 33.7. The van der Waals surface area contributed by atoms with E-state index >= 15 is 0 Å². The maximum absolute atomic E-state index is 5.07. The largest absolute Gasteiger partial charge is 0.438 e. The molecule has 456 valence electrons. The molecule has 0 fully saturated rings. The first kappa shape index (κ1) is 58.4. The Morgan fingerprint density at radius 1 is 0.247 bits per heavy atom. The third kappa shape index (κ3) is 11.8. The summed E-state index contributed by atoms with van der Waals surface area (Å²) in [6.07, 6.45) is -0.359. The van der Waals surface area contributed by atoms with Gasteiger partial charge in [0, 0.05) is 31.3 Å². The van der Waals surface area contributed by atoms with Crippen molar-refractivity contribution in [2.75, 3.05) is 0 Å². The van der Waals surface area contributed by atoms with Crippen LogP contribution in [0, 0.1) is 0 Å². The number of rotatable bonds is 11. The quantitative estimate of drug-likeness (QED) is 0.119. The van der Waals surface area contributed by atoms with Crippen molar-refractivity contribution < 1.29 is 0 Å². The van der Waals surface area contributed by atoms with Gasteiger partial charge in [0.05, 0.1) is 23.4 Å². The average Bonchev–Trinajstić information content (AvgIpc) is 1.38. The first-order chi connectivity index (χ1) is 48.0. The molecule has 1 unspecified atom stereocenters. The minimum absolute atomic E-state index is 0.359. The lowest BCUT2D eigenvalue weighted by Gasteiger charge is -2.32. The van der Waals surface area contributed by atoms with Gasteiger partial charge in [0.2, 0.25) is 0 Å². The molecule has 5 heteroatoms. The fraction of sp³-hybridized carbons (Fsp3) is 0.0109. The number of fused-ring (bicyclic) bond motifs is 9. The molecule has 15 aromatic carbocycles. The summed E-state index contributed by atoms with van der Waals surface area (Å²) in [4.78, 5) is 15.1. The van der Waals surface area contributed by atoms with Gasteiger partial charge in [0.1, 0.15) is 0 Å². The number of pyridine rings is 1. The number of benzene rings is 15. The van der Waals surface area contributed by atoms with Crippen LogP contribution in [0.5, 0.6) is 0 Å². The summed E-state index contributed by atoms with van der Waals surface area (Å²) in [6.45, 7) is 0. The Kier molecular flexibility index (Phi) is 15.6. The topological polar surface area (TPSA) is 51.7 Å². The van der Waals surface area contributed by atoms with Gasteiger partial charge in [-0.1, -0.05) is 321 Å². The van der Waals surface area contributed by atoms with E-state index in [9.17, 15) is 0 Å². The lowest BCUT2D eigenvalue weighted by molar-refractivity contribution is 0.878. The van der Waals surface area contributed by atoms with E-state index in [4.69, 9.17) is 20.3 Å². The van der Waals surface area contributed by atoms with E-state index in [1.165, 1.54) is 103 Å². The van der Waals surface area contributed by atoms with Gasteiger partial charge in [-0.3, -0.25) is 4.99 Å². The van der Waals surface area contributed by atoms with Gasteiger partial charge in [-0.25, -0.2) is 4.98 Å². The maximum Gasteiger partial charge on any atom is 0.0822 e. The van der Waals surface area contributed by atoms with Crippen LogP contribution in [0.2, 0.25) is 0 Å². The number of thiophene rings is 1. The molecular formula is C92H61N4S-. The molecule has 0 amide bonds. The predicted molar refractivity (Wildman–Crippen MR) is 412 cm³/mol. The highest BCUT2D eigenvalue weighted by Gasteiger charge is 2.17. The van der Waals surface area contributed by atoms with Crippen molar-refractivity contribution in [3.8, 4) is 89.3 Å². The Morgan fingerprint density at radius 3 is 1.20 bits per heavy atom. The number of nitrogens with zero attached hydrogens (tertiary/aromatic N) is 4. The van der Waals surface area contributed by atoms with E-state index < -0.39 is 0 Å². The third-order valence-corrected chi connectivity index (χ3v) is 19.7. The lowest BCUT2D eigenvalue weighted by Crippen LogP contribution is -2.15. The standard InChI is InChI=1S/C47H31NS.C45H30N3/c1-3-12-34(13-4-1)44-30-40(31-45(48-44)35-14-5-2-6-15-35)38-18-9-16-36(28-38)32-24-26-33(27-25-32)37-17-10-19-39(29-37)41-21-11-22-43-42-20-7-8-23-46(42)49-47(41)43;1-3-13-30(14-4-1)43-46-44(31-15-5-2-6-16-31)48-45(47-43)36-20-12-19-34(28-36)32-17-11-18-33(27-32)35-25-26-41-39-23-8-7-21-37(39)38-22-9-10-24-40(38)42(41)29-35/h1-31H;1-29,43H/q;-1. The van der Waals surface area contributed by atoms with E-state index in [1.807, 2.05) is 72.0 Å². The molecule has 18 rings (SSSR count). The molecule has 1 atom stereocenters. The fourth-order valence-electron chi connectivity index (χ4n) is 13.6. The van der Waals surface area contributed by atoms with Gasteiger partial charge < -0.3 is 10.3 Å². The van der Waals surface area contributed by atoms with Crippen molar-refractivity contribution in [2.24, 2.45) is 9.98 Å². The van der Waals surface area contributed by atoms with Crippen molar-refractivity contribution in [3.05, 3.63) is 386 Å². The molecule has 1 aliphatic heterocycles. The highest BCUT2D eigenvalue weighted by Crippen LogP contribution is 2.43. The summed E-state index contributed by atoms with van der Waals surface area (Å²) in [5.74, 6) is 1.38. The van der Waals surface area contributed by atoms with Crippen LogP contribution in [0.15, 0.2) is 374 Å². The molecule has 0 spiro atoms.